The molecule has 2 aromatic heterocycles. The van der Waals surface area contributed by atoms with Crippen molar-refractivity contribution < 1.29 is 0 Å². The van der Waals surface area contributed by atoms with E-state index in [-0.39, 0.29) is 0 Å². The monoisotopic (exact) mass is 650 g/mol. The van der Waals surface area contributed by atoms with Gasteiger partial charge in [0.1, 0.15) is 0 Å². The molecule has 0 aliphatic heterocycles. The first-order chi connectivity index (χ1) is 25.2. The summed E-state index contributed by atoms with van der Waals surface area (Å²) in [4.78, 5) is 0. The first-order valence-corrected chi connectivity index (χ1v) is 17.6. The van der Waals surface area contributed by atoms with E-state index in [1.807, 2.05) is 0 Å². The van der Waals surface area contributed by atoms with Crippen LogP contribution in [0, 0.1) is 6.92 Å². The molecule has 0 aliphatic rings. The molecule has 2 heteroatoms. The van der Waals surface area contributed by atoms with Crippen LogP contribution in [0.2, 0.25) is 0 Å². The van der Waals surface area contributed by atoms with E-state index < -0.39 is 0 Å². The van der Waals surface area contributed by atoms with Crippen LogP contribution in [0.5, 0.6) is 0 Å². The Kier molecular flexibility index (Phi) is 6.75. The molecule has 10 rings (SSSR count). The predicted molar refractivity (Wildman–Crippen MR) is 216 cm³/mol. The summed E-state index contributed by atoms with van der Waals surface area (Å²) in [7, 11) is 0. The third-order valence-corrected chi connectivity index (χ3v) is 10.4. The third-order valence-electron chi connectivity index (χ3n) is 10.4. The zero-order valence-corrected chi connectivity index (χ0v) is 28.3. The molecule has 2 heterocycles. The van der Waals surface area contributed by atoms with Crippen molar-refractivity contribution in [1.82, 2.24) is 9.13 Å². The van der Waals surface area contributed by atoms with Crippen LogP contribution in [0.1, 0.15) is 5.56 Å². The molecule has 0 bridgehead atoms. The Morgan fingerprint density at radius 1 is 0.314 bits per heavy atom. The van der Waals surface area contributed by atoms with E-state index >= 15 is 0 Å². The summed E-state index contributed by atoms with van der Waals surface area (Å²) in [5, 5.41) is 5.07. The molecular formula is C49H34N2. The lowest BCUT2D eigenvalue weighted by molar-refractivity contribution is 1.18. The normalized spacial score (nSPS) is 11.6. The maximum atomic E-state index is 2.44. The second-order valence-corrected chi connectivity index (χ2v) is 13.5. The van der Waals surface area contributed by atoms with Gasteiger partial charge in [0.2, 0.25) is 0 Å². The number of benzene rings is 8. The number of rotatable bonds is 5. The maximum Gasteiger partial charge on any atom is 0.0541 e. The number of fused-ring (bicyclic) bond motifs is 6. The van der Waals surface area contributed by atoms with Crippen LogP contribution in [0.15, 0.2) is 188 Å². The lowest BCUT2D eigenvalue weighted by Crippen LogP contribution is -1.98. The van der Waals surface area contributed by atoms with Crippen molar-refractivity contribution in [2.45, 2.75) is 6.92 Å². The molecule has 0 fully saturated rings. The van der Waals surface area contributed by atoms with E-state index in [1.54, 1.807) is 0 Å². The van der Waals surface area contributed by atoms with Crippen molar-refractivity contribution in [3.05, 3.63) is 194 Å². The fourth-order valence-electron chi connectivity index (χ4n) is 8.02. The second kappa shape index (κ2) is 11.8. The predicted octanol–water partition coefficient (Wildman–Crippen LogP) is 13.2. The largest absolute Gasteiger partial charge is 0.309 e. The molecule has 0 N–H and O–H groups in total. The van der Waals surface area contributed by atoms with Crippen molar-refractivity contribution in [3.8, 4) is 44.8 Å². The van der Waals surface area contributed by atoms with E-state index in [4.69, 9.17) is 0 Å². The Morgan fingerprint density at radius 3 is 1.33 bits per heavy atom. The summed E-state index contributed by atoms with van der Waals surface area (Å²) in [6.45, 7) is 2.16. The highest BCUT2D eigenvalue weighted by Crippen LogP contribution is 2.40. The van der Waals surface area contributed by atoms with Crippen LogP contribution in [0.3, 0.4) is 0 Å². The third kappa shape index (κ3) is 4.80. The van der Waals surface area contributed by atoms with Gasteiger partial charge in [-0.25, -0.2) is 0 Å². The van der Waals surface area contributed by atoms with Crippen LogP contribution in [0.25, 0.3) is 88.4 Å². The molecule has 0 atom stereocenters. The summed E-state index contributed by atoms with van der Waals surface area (Å²) in [5.41, 5.74) is 15.6. The van der Waals surface area contributed by atoms with Crippen LogP contribution >= 0.6 is 0 Å². The van der Waals surface area contributed by atoms with Gasteiger partial charge in [-0.05, 0) is 89.3 Å². The maximum absolute atomic E-state index is 2.44. The SMILES string of the molecule is Cc1cccc(-c2cccc(-c3cc(-c4ccc(-n5c6ccccc6c6ccccc65)cc4)ccc3-n3c4ccccc4c4ccccc43)c2)c1. The van der Waals surface area contributed by atoms with Crippen LogP contribution < -0.4 is 0 Å². The van der Waals surface area contributed by atoms with Crippen molar-refractivity contribution in [2.75, 3.05) is 0 Å². The van der Waals surface area contributed by atoms with E-state index in [1.165, 1.54) is 88.2 Å². The van der Waals surface area contributed by atoms with E-state index in [2.05, 4.69) is 204 Å². The molecule has 0 unspecified atom stereocenters. The molecule has 240 valence electrons. The van der Waals surface area contributed by atoms with Crippen LogP contribution in [-0.4, -0.2) is 9.13 Å². The highest BCUT2D eigenvalue weighted by molar-refractivity contribution is 6.10. The standard InChI is InChI=1S/C49H34N2/c1-33-12-10-13-35(30-33)36-14-11-15-38(31-36)44-32-37(26-29-49(44)51-47-22-8-4-18-42(47)43-19-5-9-23-48(43)51)34-24-27-39(28-25-34)50-45-20-6-2-16-40(45)41-17-3-7-21-46(41)50/h2-32H,1H3. The minimum Gasteiger partial charge on any atom is -0.309 e. The number of aryl methyl sites for hydroxylation is 1. The molecule has 0 saturated heterocycles. The van der Waals surface area contributed by atoms with Gasteiger partial charge < -0.3 is 9.13 Å². The average Bonchev–Trinajstić information content (AvgIpc) is 3.71. The molecule has 2 nitrogen and oxygen atoms in total. The van der Waals surface area contributed by atoms with Crippen molar-refractivity contribution >= 4 is 43.6 Å². The second-order valence-electron chi connectivity index (χ2n) is 13.5. The van der Waals surface area contributed by atoms with Gasteiger partial charge in [-0.3, -0.25) is 0 Å². The fourth-order valence-corrected chi connectivity index (χ4v) is 8.02. The smallest absolute Gasteiger partial charge is 0.0541 e. The average molecular weight is 651 g/mol. The number of aromatic nitrogens is 2. The number of nitrogens with zero attached hydrogens (tertiary/aromatic N) is 2. The minimum absolute atomic E-state index is 1.16. The Labute approximate surface area is 297 Å². The van der Waals surface area contributed by atoms with Gasteiger partial charge in [-0.1, -0.05) is 139 Å². The van der Waals surface area contributed by atoms with E-state index in [0.29, 0.717) is 0 Å². The fraction of sp³-hybridized carbons (Fsp3) is 0.0204. The number of hydrogen-bond donors (Lipinski definition) is 0. The first kappa shape index (κ1) is 29.3. The molecule has 0 aliphatic carbocycles. The molecule has 0 saturated carbocycles. The van der Waals surface area contributed by atoms with Crippen LogP contribution in [-0.2, 0) is 0 Å². The lowest BCUT2D eigenvalue weighted by atomic mass is 9.94. The highest BCUT2D eigenvalue weighted by atomic mass is 15.0. The zero-order chi connectivity index (χ0) is 33.9. The lowest BCUT2D eigenvalue weighted by Gasteiger charge is -2.17. The summed E-state index contributed by atoms with van der Waals surface area (Å²) < 4.78 is 4.82. The van der Waals surface area contributed by atoms with Gasteiger partial charge in [-0.15, -0.1) is 0 Å². The molecular weight excluding hydrogens is 617 g/mol. The van der Waals surface area contributed by atoms with Gasteiger partial charge in [0, 0.05) is 32.8 Å². The summed E-state index contributed by atoms with van der Waals surface area (Å²) in [6, 6.07) is 68.7. The van der Waals surface area contributed by atoms with E-state index in [9.17, 15) is 0 Å². The van der Waals surface area contributed by atoms with E-state index in [0.717, 1.165) is 5.69 Å². The van der Waals surface area contributed by atoms with Crippen molar-refractivity contribution in [1.29, 1.82) is 0 Å². The Bertz CT molecular complexity index is 2810. The van der Waals surface area contributed by atoms with Crippen molar-refractivity contribution in [3.63, 3.8) is 0 Å². The molecule has 0 spiro atoms. The number of para-hydroxylation sites is 4. The highest BCUT2D eigenvalue weighted by Gasteiger charge is 2.17. The molecule has 51 heavy (non-hydrogen) atoms. The van der Waals surface area contributed by atoms with Crippen molar-refractivity contribution in [2.24, 2.45) is 0 Å². The van der Waals surface area contributed by atoms with Gasteiger partial charge in [0.25, 0.3) is 0 Å². The first-order valence-electron chi connectivity index (χ1n) is 17.6. The molecule has 10 aromatic rings. The molecule has 0 radical (unpaired) electrons. The number of hydrogen-bond acceptors (Lipinski definition) is 0. The van der Waals surface area contributed by atoms with Gasteiger partial charge in [-0.2, -0.15) is 0 Å². The Balaban J connectivity index is 1.16. The molecule has 0 amide bonds. The summed E-state index contributed by atoms with van der Waals surface area (Å²) in [6.07, 6.45) is 0. The van der Waals surface area contributed by atoms with Gasteiger partial charge >= 0.3 is 0 Å². The van der Waals surface area contributed by atoms with Crippen LogP contribution in [0.4, 0.5) is 0 Å². The topological polar surface area (TPSA) is 9.86 Å². The molecule has 8 aromatic carbocycles. The Morgan fingerprint density at radius 2 is 0.765 bits per heavy atom. The minimum atomic E-state index is 1.16. The Hall–Kier alpha value is -6.64. The zero-order valence-electron chi connectivity index (χ0n) is 28.3. The summed E-state index contributed by atoms with van der Waals surface area (Å²) in [5.74, 6) is 0. The summed E-state index contributed by atoms with van der Waals surface area (Å²) >= 11 is 0. The van der Waals surface area contributed by atoms with Gasteiger partial charge in [0.15, 0.2) is 0 Å². The van der Waals surface area contributed by atoms with Gasteiger partial charge in [0.05, 0.1) is 27.8 Å². The quantitative estimate of drug-likeness (QED) is 0.175.